The highest BCUT2D eigenvalue weighted by Crippen LogP contribution is 2.26. The second-order valence-electron chi connectivity index (χ2n) is 9.16. The molecule has 5 nitrogen and oxygen atoms in total. The Morgan fingerprint density at radius 3 is 2.20 bits per heavy atom. The van der Waals surface area contributed by atoms with Gasteiger partial charge >= 0.3 is 0 Å². The van der Waals surface area contributed by atoms with Crippen LogP contribution in [0.4, 0.5) is 5.69 Å². The van der Waals surface area contributed by atoms with E-state index in [1.807, 2.05) is 38.1 Å². The van der Waals surface area contributed by atoms with Crippen molar-refractivity contribution in [1.82, 2.24) is 0 Å². The summed E-state index contributed by atoms with van der Waals surface area (Å²) in [5.74, 6) is 0.951. The van der Waals surface area contributed by atoms with Gasteiger partial charge in [-0.3, -0.25) is 4.79 Å². The second kappa shape index (κ2) is 9.63. The number of benzene rings is 2. The summed E-state index contributed by atoms with van der Waals surface area (Å²) in [6.45, 7) is 15.8. The van der Waals surface area contributed by atoms with Crippen LogP contribution in [0.5, 0.6) is 5.75 Å². The van der Waals surface area contributed by atoms with Crippen LogP contribution in [-0.2, 0) is 11.3 Å². The number of nitrogens with one attached hydrogen (secondary N) is 3. The van der Waals surface area contributed by atoms with Gasteiger partial charge in [0, 0.05) is 11.3 Å². The highest BCUT2D eigenvalue weighted by molar-refractivity contribution is 5.93. The third-order valence-electron chi connectivity index (χ3n) is 6.35. The predicted molar refractivity (Wildman–Crippen MR) is 121 cm³/mol. The number of piperazine rings is 1. The number of quaternary nitrogens is 2. The molecule has 1 aliphatic heterocycles. The van der Waals surface area contributed by atoms with Crippen LogP contribution in [0.2, 0.25) is 0 Å². The first kappa shape index (κ1) is 22.3. The molecule has 1 fully saturated rings. The topological polar surface area (TPSA) is 58.2 Å². The zero-order valence-electron chi connectivity index (χ0n) is 19.1. The molecule has 1 aliphatic rings. The molecule has 5 heteroatoms. The quantitative estimate of drug-likeness (QED) is 0.580. The Balaban J connectivity index is 1.53. The maximum absolute atomic E-state index is 12.6. The lowest BCUT2D eigenvalue weighted by atomic mass is 9.95. The van der Waals surface area contributed by atoms with Crippen molar-refractivity contribution in [2.24, 2.45) is 0 Å². The molecule has 0 atom stereocenters. The first-order valence-corrected chi connectivity index (χ1v) is 11.1. The fourth-order valence-electron chi connectivity index (χ4n) is 4.52. The van der Waals surface area contributed by atoms with E-state index < -0.39 is 0 Å². The molecular formula is C25H37N3O2+2. The number of aryl methyl sites for hydroxylation is 3. The minimum atomic E-state index is 0.0867. The number of para-hydroxylation sites is 1. The molecule has 2 aromatic carbocycles. The Kier molecular flexibility index (Phi) is 7.16. The molecule has 0 spiro atoms. The van der Waals surface area contributed by atoms with Gasteiger partial charge in [0.25, 0.3) is 5.91 Å². The van der Waals surface area contributed by atoms with Gasteiger partial charge in [0.15, 0.2) is 6.54 Å². The molecule has 0 saturated carbocycles. The lowest BCUT2D eigenvalue weighted by molar-refractivity contribution is -1.02. The van der Waals surface area contributed by atoms with Crippen LogP contribution >= 0.6 is 0 Å². The Labute approximate surface area is 180 Å². The summed E-state index contributed by atoms with van der Waals surface area (Å²) in [6.07, 6.45) is 0. The Morgan fingerprint density at radius 2 is 1.60 bits per heavy atom. The number of hydrogen-bond donors (Lipinski definition) is 4. The summed E-state index contributed by atoms with van der Waals surface area (Å²) < 4.78 is 0. The number of anilines is 1. The number of carbonyl (C=O) groups excluding carboxylic acids is 1. The normalized spacial score (nSPS) is 19.1. The van der Waals surface area contributed by atoms with E-state index in [0.29, 0.717) is 18.2 Å². The monoisotopic (exact) mass is 411 g/mol. The van der Waals surface area contributed by atoms with Crippen LogP contribution in [0.3, 0.4) is 0 Å². The van der Waals surface area contributed by atoms with Crippen LogP contribution < -0.4 is 15.1 Å². The van der Waals surface area contributed by atoms with Crippen LogP contribution in [0.25, 0.3) is 0 Å². The number of phenols is 1. The van der Waals surface area contributed by atoms with Crippen LogP contribution in [-0.4, -0.2) is 43.7 Å². The summed E-state index contributed by atoms with van der Waals surface area (Å²) in [4.78, 5) is 15.4. The highest BCUT2D eigenvalue weighted by atomic mass is 16.3. The van der Waals surface area contributed by atoms with Crippen molar-refractivity contribution in [2.45, 2.75) is 47.1 Å². The standard InChI is InChI=1S/C25H35N3O2/c1-17(2)22-14-21(23(29)13-20(22)5)15-27-9-11-28(12-10-27)16-24(30)26-25-18(3)7-6-8-19(25)4/h6-8,13-14,17,29H,9-12,15-16H2,1-5H3,(H,26,30)/p+2. The molecule has 30 heavy (non-hydrogen) atoms. The Hall–Kier alpha value is -2.37. The lowest BCUT2D eigenvalue weighted by Crippen LogP contribution is -3.28. The molecule has 1 saturated heterocycles. The van der Waals surface area contributed by atoms with Crippen LogP contribution in [0, 0.1) is 20.8 Å². The van der Waals surface area contributed by atoms with Gasteiger partial charge in [-0.05, 0) is 61.1 Å². The molecule has 0 unspecified atom stereocenters. The van der Waals surface area contributed by atoms with Crippen molar-refractivity contribution in [1.29, 1.82) is 0 Å². The number of rotatable bonds is 6. The lowest BCUT2D eigenvalue weighted by Gasteiger charge is -2.30. The molecule has 0 aliphatic carbocycles. The summed E-state index contributed by atoms with van der Waals surface area (Å²) in [7, 11) is 0. The molecule has 0 radical (unpaired) electrons. The zero-order valence-corrected chi connectivity index (χ0v) is 19.1. The molecule has 1 heterocycles. The van der Waals surface area contributed by atoms with Crippen molar-refractivity contribution in [3.63, 3.8) is 0 Å². The van der Waals surface area contributed by atoms with Gasteiger partial charge in [0.1, 0.15) is 38.5 Å². The van der Waals surface area contributed by atoms with E-state index in [1.54, 1.807) is 0 Å². The zero-order chi connectivity index (χ0) is 21.8. The van der Waals surface area contributed by atoms with Crippen molar-refractivity contribution in [2.75, 3.05) is 38.0 Å². The predicted octanol–water partition coefficient (Wildman–Crippen LogP) is 1.36. The molecule has 3 rings (SSSR count). The first-order chi connectivity index (χ1) is 14.2. The van der Waals surface area contributed by atoms with Gasteiger partial charge in [0.2, 0.25) is 0 Å². The van der Waals surface area contributed by atoms with Gasteiger partial charge in [0.05, 0.1) is 0 Å². The first-order valence-electron chi connectivity index (χ1n) is 11.1. The Bertz CT molecular complexity index is 879. The van der Waals surface area contributed by atoms with E-state index >= 15 is 0 Å². The average molecular weight is 412 g/mol. The fraction of sp³-hybridized carbons (Fsp3) is 0.480. The van der Waals surface area contributed by atoms with E-state index in [0.717, 1.165) is 60.7 Å². The number of amides is 1. The summed E-state index contributed by atoms with van der Waals surface area (Å²) >= 11 is 0. The largest absolute Gasteiger partial charge is 0.507 e. The van der Waals surface area contributed by atoms with Crippen molar-refractivity contribution in [3.8, 4) is 5.75 Å². The minimum Gasteiger partial charge on any atom is -0.507 e. The molecule has 2 aromatic rings. The van der Waals surface area contributed by atoms with E-state index in [2.05, 4.69) is 32.2 Å². The molecule has 1 amide bonds. The minimum absolute atomic E-state index is 0.0867. The van der Waals surface area contributed by atoms with E-state index in [-0.39, 0.29) is 5.91 Å². The van der Waals surface area contributed by atoms with E-state index in [9.17, 15) is 9.90 Å². The van der Waals surface area contributed by atoms with Gasteiger partial charge in [-0.25, -0.2) is 0 Å². The third kappa shape index (κ3) is 5.41. The van der Waals surface area contributed by atoms with Gasteiger partial charge in [-0.1, -0.05) is 32.0 Å². The summed E-state index contributed by atoms with van der Waals surface area (Å²) in [6, 6.07) is 10.2. The SMILES string of the molecule is Cc1cc(O)c(C[NH+]2CC[NH+](CC(=O)Nc3c(C)cccc3C)CC2)cc1C(C)C. The van der Waals surface area contributed by atoms with Gasteiger partial charge < -0.3 is 20.2 Å². The fourth-order valence-corrected chi connectivity index (χ4v) is 4.52. The maximum atomic E-state index is 12.6. The van der Waals surface area contributed by atoms with Gasteiger partial charge in [-0.2, -0.15) is 0 Å². The van der Waals surface area contributed by atoms with Crippen molar-refractivity contribution in [3.05, 3.63) is 58.1 Å². The van der Waals surface area contributed by atoms with Crippen molar-refractivity contribution >= 4 is 11.6 Å². The number of phenolic OH excluding ortho intramolecular Hbond substituents is 1. The molecular weight excluding hydrogens is 374 g/mol. The maximum Gasteiger partial charge on any atom is 0.279 e. The smallest absolute Gasteiger partial charge is 0.279 e. The Morgan fingerprint density at radius 1 is 1.00 bits per heavy atom. The number of hydrogen-bond acceptors (Lipinski definition) is 2. The van der Waals surface area contributed by atoms with Gasteiger partial charge in [-0.15, -0.1) is 0 Å². The van der Waals surface area contributed by atoms with Crippen LogP contribution in [0.1, 0.15) is 47.6 Å². The van der Waals surface area contributed by atoms with E-state index in [4.69, 9.17) is 0 Å². The third-order valence-corrected chi connectivity index (χ3v) is 6.35. The second-order valence-corrected chi connectivity index (χ2v) is 9.16. The molecule has 0 bridgehead atoms. The molecule has 4 N–H and O–H groups in total. The average Bonchev–Trinajstić information content (AvgIpc) is 2.68. The number of aromatic hydroxyl groups is 1. The highest BCUT2D eigenvalue weighted by Gasteiger charge is 2.26. The van der Waals surface area contributed by atoms with E-state index in [1.165, 1.54) is 15.4 Å². The number of carbonyl (C=O) groups is 1. The van der Waals surface area contributed by atoms with Crippen LogP contribution in [0.15, 0.2) is 30.3 Å². The van der Waals surface area contributed by atoms with Crippen molar-refractivity contribution < 1.29 is 19.7 Å². The molecule has 0 aromatic heterocycles. The summed E-state index contributed by atoms with van der Waals surface area (Å²) in [5.41, 5.74) is 6.66. The molecule has 162 valence electrons. The summed E-state index contributed by atoms with van der Waals surface area (Å²) in [5, 5.41) is 13.5.